The first kappa shape index (κ1) is 25.8. The van der Waals surface area contributed by atoms with Crippen molar-refractivity contribution in [2.24, 2.45) is 21.5 Å². The van der Waals surface area contributed by atoms with Crippen LogP contribution < -0.4 is 21.7 Å². The number of nitrogens with one attached hydrogen (secondary N) is 1. The third-order valence-corrected chi connectivity index (χ3v) is 6.76. The fraction of sp³-hybridized carbons (Fsp3) is 0.192. The summed E-state index contributed by atoms with van der Waals surface area (Å²) in [7, 11) is -4.83. The number of anilines is 2. The number of hydrogen-bond acceptors (Lipinski definition) is 8. The Morgan fingerprint density at radius 3 is 2.32 bits per heavy atom. The van der Waals surface area contributed by atoms with Gasteiger partial charge in [0, 0.05) is 11.4 Å². The van der Waals surface area contributed by atoms with E-state index in [1.54, 1.807) is 4.90 Å². The number of nitrogens with zero attached hydrogens (tertiary/aromatic N) is 3. The number of hydrogen-bond donors (Lipinski definition) is 3. The van der Waals surface area contributed by atoms with Crippen LogP contribution in [0.15, 0.2) is 93.7 Å². The van der Waals surface area contributed by atoms with E-state index in [0.717, 1.165) is 28.9 Å². The predicted octanol–water partition coefficient (Wildman–Crippen LogP) is 3.50. The van der Waals surface area contributed by atoms with E-state index < -0.39 is 26.7 Å². The second kappa shape index (κ2) is 10.0. The molecule has 4 rings (SSSR count). The number of aliphatic imine (C=N–C) groups is 2. The second-order valence-electron chi connectivity index (χ2n) is 9.06. The molecule has 5 N–H and O–H groups in total. The average molecular weight is 523 g/mol. The second-order valence-corrected chi connectivity index (χ2v) is 10.4. The molecule has 0 fully saturated rings. The van der Waals surface area contributed by atoms with Crippen molar-refractivity contribution in [2.75, 3.05) is 10.2 Å². The Kier molecular flexibility index (Phi) is 6.99. The van der Waals surface area contributed by atoms with E-state index in [0.29, 0.717) is 12.1 Å². The Hall–Kier alpha value is -4.25. The predicted molar refractivity (Wildman–Crippen MR) is 142 cm³/mol. The molecule has 1 atom stereocenters. The maximum Gasteiger partial charge on any atom is 0.332 e. The molecule has 1 unspecified atom stereocenters. The van der Waals surface area contributed by atoms with Crippen LogP contribution >= 0.6 is 0 Å². The number of carbonyl (C=O) groups is 1. The van der Waals surface area contributed by atoms with Crippen molar-refractivity contribution >= 4 is 39.4 Å². The third kappa shape index (κ3) is 5.95. The SMILES string of the molecule is CC1(C)N=C(N)N=C(N)N1c1cccc(CC(C(=O)Nc2ccc(S(=O)(=O)F)cc2)c2ccccc2)c1. The smallest absolute Gasteiger partial charge is 0.332 e. The van der Waals surface area contributed by atoms with Crippen LogP contribution in [0.4, 0.5) is 15.3 Å². The van der Waals surface area contributed by atoms with Gasteiger partial charge in [-0.1, -0.05) is 42.5 Å². The van der Waals surface area contributed by atoms with Crippen LogP contribution in [0, 0.1) is 0 Å². The third-order valence-electron chi connectivity index (χ3n) is 5.92. The molecule has 0 aromatic heterocycles. The fourth-order valence-electron chi connectivity index (χ4n) is 4.29. The zero-order valence-corrected chi connectivity index (χ0v) is 21.1. The van der Waals surface area contributed by atoms with E-state index >= 15 is 0 Å². The zero-order chi connectivity index (χ0) is 26.8. The fourth-order valence-corrected chi connectivity index (χ4v) is 4.75. The molecular formula is C26H27FN6O3S. The Morgan fingerprint density at radius 2 is 1.70 bits per heavy atom. The average Bonchev–Trinajstić information content (AvgIpc) is 2.82. The van der Waals surface area contributed by atoms with Crippen molar-refractivity contribution < 1.29 is 17.1 Å². The summed E-state index contributed by atoms with van der Waals surface area (Å²) in [4.78, 5) is 23.2. The minimum Gasteiger partial charge on any atom is -0.369 e. The molecule has 1 amide bonds. The van der Waals surface area contributed by atoms with Gasteiger partial charge in [-0.25, -0.2) is 4.99 Å². The summed E-state index contributed by atoms with van der Waals surface area (Å²) in [6, 6.07) is 21.8. The summed E-state index contributed by atoms with van der Waals surface area (Å²) >= 11 is 0. The number of halogens is 1. The first-order valence-electron chi connectivity index (χ1n) is 11.4. The molecule has 1 aliphatic rings. The van der Waals surface area contributed by atoms with Gasteiger partial charge in [0.2, 0.25) is 17.8 Å². The van der Waals surface area contributed by atoms with Gasteiger partial charge in [-0.05, 0) is 67.8 Å². The molecule has 0 saturated carbocycles. The minimum absolute atomic E-state index is 0.105. The summed E-state index contributed by atoms with van der Waals surface area (Å²) in [5.74, 6) is -0.558. The molecule has 3 aromatic carbocycles. The molecule has 3 aromatic rings. The van der Waals surface area contributed by atoms with Crippen LogP contribution in [0.5, 0.6) is 0 Å². The zero-order valence-electron chi connectivity index (χ0n) is 20.3. The van der Waals surface area contributed by atoms with Crippen LogP contribution in [-0.4, -0.2) is 31.9 Å². The molecule has 11 heteroatoms. The number of rotatable bonds is 7. The van der Waals surface area contributed by atoms with Gasteiger partial charge in [0.25, 0.3) is 0 Å². The molecule has 0 aliphatic carbocycles. The molecule has 192 valence electrons. The highest BCUT2D eigenvalue weighted by Gasteiger charge is 2.33. The summed E-state index contributed by atoms with van der Waals surface area (Å²) in [6.45, 7) is 3.74. The van der Waals surface area contributed by atoms with Crippen molar-refractivity contribution in [3.8, 4) is 0 Å². The van der Waals surface area contributed by atoms with Crippen molar-refractivity contribution in [1.29, 1.82) is 0 Å². The largest absolute Gasteiger partial charge is 0.369 e. The van der Waals surface area contributed by atoms with Crippen LogP contribution in [0.2, 0.25) is 0 Å². The van der Waals surface area contributed by atoms with E-state index in [2.05, 4.69) is 15.3 Å². The lowest BCUT2D eigenvalue weighted by Crippen LogP contribution is -2.54. The van der Waals surface area contributed by atoms with Crippen LogP contribution in [-0.2, 0) is 21.4 Å². The molecule has 1 aliphatic heterocycles. The highest BCUT2D eigenvalue weighted by atomic mass is 32.3. The molecule has 0 bridgehead atoms. The van der Waals surface area contributed by atoms with Gasteiger partial charge in [-0.3, -0.25) is 9.69 Å². The van der Waals surface area contributed by atoms with E-state index in [-0.39, 0.29) is 17.8 Å². The Labute approximate surface area is 214 Å². The highest BCUT2D eigenvalue weighted by molar-refractivity contribution is 7.86. The molecule has 0 spiro atoms. The first-order valence-corrected chi connectivity index (χ1v) is 12.8. The van der Waals surface area contributed by atoms with Crippen molar-refractivity contribution in [3.63, 3.8) is 0 Å². The van der Waals surface area contributed by atoms with Crippen LogP contribution in [0.3, 0.4) is 0 Å². The van der Waals surface area contributed by atoms with E-state index in [4.69, 9.17) is 11.5 Å². The maximum atomic E-state index is 13.4. The summed E-state index contributed by atoms with van der Waals surface area (Å²) in [5.41, 5.74) is 14.0. The summed E-state index contributed by atoms with van der Waals surface area (Å²) < 4.78 is 35.4. The first-order chi connectivity index (χ1) is 17.4. The minimum atomic E-state index is -4.83. The monoisotopic (exact) mass is 522 g/mol. The molecule has 1 heterocycles. The van der Waals surface area contributed by atoms with E-state index in [1.807, 2.05) is 68.4 Å². The lowest BCUT2D eigenvalue weighted by molar-refractivity contribution is -0.117. The quantitative estimate of drug-likeness (QED) is 0.405. The Morgan fingerprint density at radius 1 is 1.03 bits per heavy atom. The van der Waals surface area contributed by atoms with Gasteiger partial charge in [0.1, 0.15) is 5.66 Å². The topological polar surface area (TPSA) is 143 Å². The molecule has 37 heavy (non-hydrogen) atoms. The number of benzene rings is 3. The molecular weight excluding hydrogens is 495 g/mol. The number of amides is 1. The van der Waals surface area contributed by atoms with Gasteiger partial charge in [-0.15, -0.1) is 3.89 Å². The summed E-state index contributed by atoms with van der Waals surface area (Å²) in [6.07, 6.45) is 0.358. The molecule has 9 nitrogen and oxygen atoms in total. The van der Waals surface area contributed by atoms with Crippen LogP contribution in [0.25, 0.3) is 0 Å². The lowest BCUT2D eigenvalue weighted by Gasteiger charge is -2.38. The van der Waals surface area contributed by atoms with Crippen LogP contribution in [0.1, 0.15) is 30.9 Å². The number of carbonyl (C=O) groups excluding carboxylic acids is 1. The van der Waals surface area contributed by atoms with E-state index in [9.17, 15) is 17.1 Å². The molecule has 0 radical (unpaired) electrons. The number of nitrogens with two attached hydrogens (primary N) is 2. The standard InChI is InChI=1S/C26H27FN6O3S/c1-26(2)32-24(28)31-25(29)33(26)20-10-6-7-17(15-20)16-22(18-8-4-3-5-9-18)23(34)30-19-11-13-21(14-12-19)37(27,35)36/h3-15,22H,16H2,1-2H3,(H,30,34)(H4,28,29,31,32). The Bertz CT molecular complexity index is 1470. The maximum absolute atomic E-state index is 13.4. The van der Waals surface area contributed by atoms with Crippen molar-refractivity contribution in [1.82, 2.24) is 0 Å². The van der Waals surface area contributed by atoms with Gasteiger partial charge in [0.05, 0.1) is 10.8 Å². The van der Waals surface area contributed by atoms with Gasteiger partial charge < -0.3 is 16.8 Å². The Balaban J connectivity index is 1.62. The normalized spacial score (nSPS) is 15.9. The number of guanidine groups is 2. The highest BCUT2D eigenvalue weighted by Crippen LogP contribution is 2.30. The van der Waals surface area contributed by atoms with Gasteiger partial charge in [0.15, 0.2) is 0 Å². The van der Waals surface area contributed by atoms with Gasteiger partial charge >= 0.3 is 10.2 Å². The van der Waals surface area contributed by atoms with Crippen molar-refractivity contribution in [2.45, 2.75) is 36.7 Å². The molecule has 0 saturated heterocycles. The summed E-state index contributed by atoms with van der Waals surface area (Å²) in [5, 5.41) is 2.81. The van der Waals surface area contributed by atoms with Crippen molar-refractivity contribution in [3.05, 3.63) is 90.0 Å². The van der Waals surface area contributed by atoms with E-state index in [1.165, 1.54) is 12.1 Å². The lowest BCUT2D eigenvalue weighted by atomic mass is 9.90. The van der Waals surface area contributed by atoms with Gasteiger partial charge in [-0.2, -0.15) is 13.4 Å².